The largest absolute Gasteiger partial charge is 0.573 e. The number of benzene rings is 2. The van der Waals surface area contributed by atoms with E-state index in [1.165, 1.54) is 6.07 Å². The molecule has 0 amide bonds. The van der Waals surface area contributed by atoms with E-state index in [0.717, 1.165) is 52.7 Å². The van der Waals surface area contributed by atoms with Gasteiger partial charge in [-0.25, -0.2) is 4.39 Å². The van der Waals surface area contributed by atoms with Crippen LogP contribution in [0.25, 0.3) is 22.0 Å². The highest BCUT2D eigenvalue weighted by atomic mass is 19.4. The van der Waals surface area contributed by atoms with Gasteiger partial charge >= 0.3 is 6.36 Å². The van der Waals surface area contributed by atoms with Crippen molar-refractivity contribution in [3.05, 3.63) is 66.4 Å². The van der Waals surface area contributed by atoms with Crippen molar-refractivity contribution in [2.24, 2.45) is 0 Å². The van der Waals surface area contributed by atoms with Gasteiger partial charge in [-0.15, -0.1) is 13.2 Å². The summed E-state index contributed by atoms with van der Waals surface area (Å²) in [5.41, 5.74) is 4.34. The lowest BCUT2D eigenvalue weighted by Crippen LogP contribution is -2.18. The van der Waals surface area contributed by atoms with Crippen LogP contribution < -0.4 is 15.4 Å². The van der Waals surface area contributed by atoms with Crippen LogP contribution in [0.1, 0.15) is 18.4 Å². The molecule has 2 heterocycles. The maximum absolute atomic E-state index is 13.7. The number of hydrogen-bond acceptors (Lipinski definition) is 7. The highest BCUT2D eigenvalue weighted by Crippen LogP contribution is 2.29. The predicted octanol–water partition coefficient (Wildman–Crippen LogP) is 5.06. The highest BCUT2D eigenvalue weighted by molar-refractivity contribution is 5.95. The number of anilines is 1. The number of hydrogen-bond donors (Lipinski definition) is 3. The summed E-state index contributed by atoms with van der Waals surface area (Å²) in [6.07, 6.45) is 1.88. The quantitative estimate of drug-likeness (QED) is 0.168. The zero-order chi connectivity index (χ0) is 26.1. The van der Waals surface area contributed by atoms with Gasteiger partial charge in [0.15, 0.2) is 11.6 Å². The number of halogens is 4. The van der Waals surface area contributed by atoms with Gasteiger partial charge in [-0.05, 0) is 60.8 Å². The Kier molecular flexibility index (Phi) is 8.86. The van der Waals surface area contributed by atoms with Crippen LogP contribution >= 0.6 is 0 Å². The van der Waals surface area contributed by atoms with Crippen molar-refractivity contribution in [3.8, 4) is 16.9 Å². The number of aromatic nitrogens is 4. The first-order valence-corrected chi connectivity index (χ1v) is 11.7. The second-order valence-corrected chi connectivity index (χ2v) is 8.22. The first kappa shape index (κ1) is 26.3. The van der Waals surface area contributed by atoms with Crippen molar-refractivity contribution in [3.63, 3.8) is 0 Å². The molecule has 0 spiro atoms. The zero-order valence-electron chi connectivity index (χ0n) is 19.8. The molecule has 4 aromatic rings. The summed E-state index contributed by atoms with van der Waals surface area (Å²) < 4.78 is 59.7. The Labute approximate surface area is 210 Å². The molecule has 0 bridgehead atoms. The molecule has 196 valence electrons. The lowest BCUT2D eigenvalue weighted by Gasteiger charge is -2.11. The van der Waals surface area contributed by atoms with Crippen molar-refractivity contribution >= 4 is 16.6 Å². The van der Waals surface area contributed by atoms with Crippen molar-refractivity contribution in [1.82, 2.24) is 25.7 Å². The summed E-state index contributed by atoms with van der Waals surface area (Å²) in [5, 5.41) is 22.4. The monoisotopic (exact) mass is 518 g/mol. The maximum atomic E-state index is 13.7. The van der Waals surface area contributed by atoms with E-state index < -0.39 is 17.9 Å². The SMILES string of the molecule is Fc1cc(CNCCCCOCCNc2cc(-c3ccnnc3)cc3[nH]ncc23)ccc1OC(F)(F)F. The van der Waals surface area contributed by atoms with Gasteiger partial charge in [0, 0.05) is 36.3 Å². The summed E-state index contributed by atoms with van der Waals surface area (Å²) in [4.78, 5) is 0. The molecule has 12 heteroatoms. The molecule has 0 fully saturated rings. The van der Waals surface area contributed by atoms with Crippen LogP contribution in [0.3, 0.4) is 0 Å². The Morgan fingerprint density at radius 3 is 2.59 bits per heavy atom. The van der Waals surface area contributed by atoms with Crippen LogP contribution in [-0.2, 0) is 11.3 Å². The molecule has 8 nitrogen and oxygen atoms in total. The first-order valence-electron chi connectivity index (χ1n) is 11.7. The van der Waals surface area contributed by atoms with Crippen molar-refractivity contribution < 1.29 is 27.0 Å². The number of nitrogens with zero attached hydrogens (tertiary/aromatic N) is 3. The molecule has 37 heavy (non-hydrogen) atoms. The molecule has 2 aromatic carbocycles. The Morgan fingerprint density at radius 1 is 0.919 bits per heavy atom. The first-order chi connectivity index (χ1) is 17.9. The van der Waals surface area contributed by atoms with Gasteiger partial charge in [-0.2, -0.15) is 15.3 Å². The summed E-state index contributed by atoms with van der Waals surface area (Å²) in [6, 6.07) is 9.37. The second kappa shape index (κ2) is 12.5. The summed E-state index contributed by atoms with van der Waals surface area (Å²) >= 11 is 0. The maximum Gasteiger partial charge on any atom is 0.573 e. The molecular weight excluding hydrogens is 492 g/mol. The average Bonchev–Trinajstić information content (AvgIpc) is 3.35. The third kappa shape index (κ3) is 7.86. The zero-order valence-corrected chi connectivity index (χ0v) is 19.8. The molecule has 0 aliphatic heterocycles. The van der Waals surface area contributed by atoms with E-state index in [1.807, 2.05) is 18.2 Å². The molecule has 0 unspecified atom stereocenters. The normalized spacial score (nSPS) is 11.7. The second-order valence-electron chi connectivity index (χ2n) is 8.22. The van der Waals surface area contributed by atoms with Gasteiger partial charge in [0.1, 0.15) is 0 Å². The smallest absolute Gasteiger partial charge is 0.403 e. The van der Waals surface area contributed by atoms with Crippen LogP contribution in [0.5, 0.6) is 5.75 Å². The fourth-order valence-corrected chi connectivity index (χ4v) is 3.73. The minimum absolute atomic E-state index is 0.338. The number of nitrogens with one attached hydrogen (secondary N) is 3. The fraction of sp³-hybridized carbons (Fsp3) is 0.320. The Hall–Kier alpha value is -3.77. The minimum atomic E-state index is -4.92. The van der Waals surface area contributed by atoms with E-state index in [1.54, 1.807) is 18.6 Å². The standard InChI is InChI=1S/C25H26F4N6O2/c26-21-11-17(3-4-24(21)37-25(27,28)29)14-30-6-1-2-9-36-10-8-31-22-12-19(18-5-7-32-33-15-18)13-23-20(22)16-34-35-23/h3-5,7,11-13,15-16,30-31H,1-2,6,8-10,14H2,(H,34,35). The molecule has 4 rings (SSSR count). The molecule has 0 saturated heterocycles. The van der Waals surface area contributed by atoms with Gasteiger partial charge in [0.25, 0.3) is 0 Å². The van der Waals surface area contributed by atoms with Crippen LogP contribution in [-0.4, -0.2) is 53.1 Å². The molecule has 0 atom stereocenters. The van der Waals surface area contributed by atoms with Gasteiger partial charge in [0.2, 0.25) is 0 Å². The van der Waals surface area contributed by atoms with E-state index in [0.29, 0.717) is 38.4 Å². The van der Waals surface area contributed by atoms with Crippen LogP contribution in [0.15, 0.2) is 55.0 Å². The predicted molar refractivity (Wildman–Crippen MR) is 130 cm³/mol. The molecule has 0 aliphatic rings. The van der Waals surface area contributed by atoms with Crippen molar-refractivity contribution in [2.75, 3.05) is 31.6 Å². The summed E-state index contributed by atoms with van der Waals surface area (Å²) in [6.45, 7) is 2.74. The number of rotatable bonds is 13. The Morgan fingerprint density at radius 2 is 1.81 bits per heavy atom. The van der Waals surface area contributed by atoms with Crippen molar-refractivity contribution in [1.29, 1.82) is 0 Å². The minimum Gasteiger partial charge on any atom is -0.403 e. The molecule has 0 aliphatic carbocycles. The number of ether oxygens (including phenoxy) is 2. The highest BCUT2D eigenvalue weighted by Gasteiger charge is 2.32. The van der Waals surface area contributed by atoms with Gasteiger partial charge in [0.05, 0.1) is 30.7 Å². The number of unbranched alkanes of at least 4 members (excludes halogenated alkanes) is 1. The summed E-state index contributed by atoms with van der Waals surface area (Å²) in [7, 11) is 0. The fourth-order valence-electron chi connectivity index (χ4n) is 3.73. The number of fused-ring (bicyclic) bond motifs is 1. The molecule has 3 N–H and O–H groups in total. The van der Waals surface area contributed by atoms with Crippen LogP contribution in [0, 0.1) is 5.82 Å². The van der Waals surface area contributed by atoms with E-state index in [2.05, 4.69) is 35.8 Å². The van der Waals surface area contributed by atoms with E-state index in [9.17, 15) is 17.6 Å². The van der Waals surface area contributed by atoms with Gasteiger partial charge < -0.3 is 20.1 Å². The number of alkyl halides is 3. The topological polar surface area (TPSA) is 97.0 Å². The molecular formula is C25H26F4N6O2. The van der Waals surface area contributed by atoms with Crippen LogP contribution in [0.2, 0.25) is 0 Å². The van der Waals surface area contributed by atoms with E-state index in [-0.39, 0.29) is 0 Å². The number of H-pyrrole nitrogens is 1. The number of aromatic amines is 1. The third-order valence-electron chi connectivity index (χ3n) is 5.48. The van der Waals surface area contributed by atoms with E-state index in [4.69, 9.17) is 4.74 Å². The summed E-state index contributed by atoms with van der Waals surface area (Å²) in [5.74, 6) is -1.89. The molecule has 2 aromatic heterocycles. The van der Waals surface area contributed by atoms with Gasteiger partial charge in [-0.3, -0.25) is 5.10 Å². The average molecular weight is 519 g/mol. The van der Waals surface area contributed by atoms with E-state index >= 15 is 0 Å². The van der Waals surface area contributed by atoms with Gasteiger partial charge in [-0.1, -0.05) is 6.07 Å². The lowest BCUT2D eigenvalue weighted by atomic mass is 10.1. The Balaban J connectivity index is 1.12. The third-order valence-corrected chi connectivity index (χ3v) is 5.48. The van der Waals surface area contributed by atoms with Crippen LogP contribution in [0.4, 0.5) is 23.2 Å². The van der Waals surface area contributed by atoms with Crippen molar-refractivity contribution in [2.45, 2.75) is 25.7 Å². The lowest BCUT2D eigenvalue weighted by molar-refractivity contribution is -0.275. The molecule has 0 saturated carbocycles. The Bertz CT molecular complexity index is 1280. The molecule has 0 radical (unpaired) electrons.